The fraction of sp³-hybridized carbons (Fsp3) is 0.316. The number of aryl methyl sites for hydroxylation is 1. The van der Waals surface area contributed by atoms with Crippen LogP contribution >= 0.6 is 0 Å². The van der Waals surface area contributed by atoms with Gasteiger partial charge in [-0.05, 0) is 56.0 Å². The van der Waals surface area contributed by atoms with Crippen LogP contribution in [0.2, 0.25) is 0 Å². The lowest BCUT2D eigenvalue weighted by Gasteiger charge is -2.30. The van der Waals surface area contributed by atoms with Crippen molar-refractivity contribution in [1.82, 2.24) is 0 Å². The molecule has 138 valence electrons. The van der Waals surface area contributed by atoms with Crippen LogP contribution in [0, 0.1) is 6.92 Å². The first kappa shape index (κ1) is 18.3. The van der Waals surface area contributed by atoms with Crippen molar-refractivity contribution in [3.63, 3.8) is 0 Å². The van der Waals surface area contributed by atoms with E-state index in [1.807, 2.05) is 12.1 Å². The Morgan fingerprint density at radius 3 is 2.46 bits per heavy atom. The Balaban J connectivity index is 1.96. The minimum absolute atomic E-state index is 0.0224. The summed E-state index contributed by atoms with van der Waals surface area (Å²) in [5.74, 6) is -1.16. The fourth-order valence-corrected chi connectivity index (χ4v) is 4.54. The second-order valence-electron chi connectivity index (χ2n) is 6.46. The van der Waals surface area contributed by atoms with E-state index in [2.05, 4.69) is 9.62 Å². The van der Waals surface area contributed by atoms with E-state index in [-0.39, 0.29) is 10.5 Å². The minimum atomic E-state index is -3.90. The van der Waals surface area contributed by atoms with Gasteiger partial charge in [0.25, 0.3) is 10.0 Å². The Labute approximate surface area is 153 Å². The molecule has 0 bridgehead atoms. The largest absolute Gasteiger partial charge is 0.478 e. The third kappa shape index (κ3) is 3.83. The predicted octanol–water partition coefficient (Wildman–Crippen LogP) is 3.48. The normalized spacial score (nSPS) is 14.9. The number of piperidine rings is 1. The van der Waals surface area contributed by atoms with Crippen molar-refractivity contribution in [3.05, 3.63) is 53.6 Å². The lowest BCUT2D eigenvalue weighted by Crippen LogP contribution is -2.30. The topological polar surface area (TPSA) is 86.7 Å². The Hall–Kier alpha value is -2.54. The first-order chi connectivity index (χ1) is 12.4. The Bertz CT molecular complexity index is 919. The van der Waals surface area contributed by atoms with E-state index in [1.54, 1.807) is 19.1 Å². The molecule has 0 aromatic heterocycles. The van der Waals surface area contributed by atoms with Crippen LogP contribution in [0.4, 0.5) is 11.4 Å². The molecular weight excluding hydrogens is 352 g/mol. The van der Waals surface area contributed by atoms with Crippen LogP contribution in [0.1, 0.15) is 35.2 Å². The highest BCUT2D eigenvalue weighted by Gasteiger charge is 2.22. The maximum absolute atomic E-state index is 12.9. The molecule has 7 heteroatoms. The van der Waals surface area contributed by atoms with Gasteiger partial charge in [-0.2, -0.15) is 0 Å². The molecule has 0 atom stereocenters. The molecule has 0 spiro atoms. The van der Waals surface area contributed by atoms with Crippen molar-refractivity contribution < 1.29 is 18.3 Å². The van der Waals surface area contributed by atoms with Gasteiger partial charge in [-0.1, -0.05) is 18.2 Å². The molecule has 1 fully saturated rings. The van der Waals surface area contributed by atoms with E-state index in [0.29, 0.717) is 11.3 Å². The molecule has 6 nitrogen and oxygen atoms in total. The van der Waals surface area contributed by atoms with Gasteiger partial charge in [-0.3, -0.25) is 4.72 Å². The minimum Gasteiger partial charge on any atom is -0.478 e. The molecule has 1 saturated heterocycles. The number of nitrogens with zero attached hydrogens (tertiary/aromatic N) is 1. The van der Waals surface area contributed by atoms with Gasteiger partial charge in [0.15, 0.2) is 0 Å². The molecular formula is C19H22N2O4S. The maximum atomic E-state index is 12.9. The van der Waals surface area contributed by atoms with Gasteiger partial charge in [0.2, 0.25) is 0 Å². The number of carbonyl (C=O) groups is 1. The third-order valence-corrected chi connectivity index (χ3v) is 6.08. The van der Waals surface area contributed by atoms with E-state index in [0.717, 1.165) is 31.6 Å². The molecule has 3 rings (SSSR count). The SMILES string of the molecule is Cc1ccc(C(=O)O)cc1S(=O)(=O)Nc1ccccc1N1CCCCC1. The quantitative estimate of drug-likeness (QED) is 0.837. The van der Waals surface area contributed by atoms with E-state index in [4.69, 9.17) is 5.11 Å². The van der Waals surface area contributed by atoms with E-state index >= 15 is 0 Å². The Morgan fingerprint density at radius 2 is 1.77 bits per heavy atom. The average molecular weight is 374 g/mol. The standard InChI is InChI=1S/C19H22N2O4S/c1-14-9-10-15(19(22)23)13-18(14)26(24,25)20-16-7-3-4-8-17(16)21-11-5-2-6-12-21/h3-4,7-10,13,20H,2,5-6,11-12H2,1H3,(H,22,23). The zero-order valence-corrected chi connectivity index (χ0v) is 15.4. The van der Waals surface area contributed by atoms with Crippen LogP contribution in [0.15, 0.2) is 47.4 Å². The first-order valence-corrected chi connectivity index (χ1v) is 10.1. The van der Waals surface area contributed by atoms with Gasteiger partial charge in [0.05, 0.1) is 21.8 Å². The molecule has 2 aromatic rings. The van der Waals surface area contributed by atoms with Crippen molar-refractivity contribution in [2.75, 3.05) is 22.7 Å². The van der Waals surface area contributed by atoms with Gasteiger partial charge >= 0.3 is 5.97 Å². The summed E-state index contributed by atoms with van der Waals surface area (Å²) >= 11 is 0. The van der Waals surface area contributed by atoms with Gasteiger partial charge in [0, 0.05) is 13.1 Å². The molecule has 1 aliphatic rings. The first-order valence-electron chi connectivity index (χ1n) is 8.59. The summed E-state index contributed by atoms with van der Waals surface area (Å²) in [5, 5.41) is 9.15. The van der Waals surface area contributed by atoms with Crippen molar-refractivity contribution in [3.8, 4) is 0 Å². The number of hydrogen-bond acceptors (Lipinski definition) is 4. The third-order valence-electron chi connectivity index (χ3n) is 4.57. The number of para-hydroxylation sites is 2. The summed E-state index contributed by atoms with van der Waals surface area (Å²) in [6.45, 7) is 3.44. The molecule has 0 aliphatic carbocycles. The van der Waals surface area contributed by atoms with Gasteiger partial charge in [-0.15, -0.1) is 0 Å². The average Bonchev–Trinajstić information content (AvgIpc) is 2.62. The zero-order chi connectivity index (χ0) is 18.7. The van der Waals surface area contributed by atoms with Crippen LogP contribution in [-0.4, -0.2) is 32.6 Å². The summed E-state index contributed by atoms with van der Waals surface area (Å²) in [4.78, 5) is 13.3. The second kappa shape index (κ2) is 7.37. The fourth-order valence-electron chi connectivity index (χ4n) is 3.19. The van der Waals surface area contributed by atoms with Gasteiger partial charge < -0.3 is 10.0 Å². The molecule has 0 unspecified atom stereocenters. The van der Waals surface area contributed by atoms with Crippen molar-refractivity contribution in [2.45, 2.75) is 31.1 Å². The number of nitrogens with one attached hydrogen (secondary N) is 1. The summed E-state index contributed by atoms with van der Waals surface area (Å²) in [6, 6.07) is 11.4. The van der Waals surface area contributed by atoms with Crippen molar-refractivity contribution in [1.29, 1.82) is 0 Å². The molecule has 0 amide bonds. The highest BCUT2D eigenvalue weighted by Crippen LogP contribution is 2.30. The summed E-state index contributed by atoms with van der Waals surface area (Å²) in [6.07, 6.45) is 3.35. The van der Waals surface area contributed by atoms with E-state index in [1.165, 1.54) is 24.6 Å². The number of rotatable bonds is 5. The number of hydrogen-bond donors (Lipinski definition) is 2. The molecule has 0 saturated carbocycles. The molecule has 2 N–H and O–H groups in total. The highest BCUT2D eigenvalue weighted by atomic mass is 32.2. The predicted molar refractivity (Wildman–Crippen MR) is 101 cm³/mol. The zero-order valence-electron chi connectivity index (χ0n) is 14.6. The molecule has 2 aromatic carbocycles. The highest BCUT2D eigenvalue weighted by molar-refractivity contribution is 7.92. The Kier molecular flexibility index (Phi) is 5.18. The molecule has 1 heterocycles. The lowest BCUT2D eigenvalue weighted by atomic mass is 10.1. The number of aromatic carboxylic acids is 1. The molecule has 26 heavy (non-hydrogen) atoms. The Morgan fingerprint density at radius 1 is 1.08 bits per heavy atom. The van der Waals surface area contributed by atoms with Crippen LogP contribution in [0.5, 0.6) is 0 Å². The monoisotopic (exact) mass is 374 g/mol. The van der Waals surface area contributed by atoms with Crippen molar-refractivity contribution in [2.24, 2.45) is 0 Å². The van der Waals surface area contributed by atoms with E-state index in [9.17, 15) is 13.2 Å². The number of carboxylic acid groups (broad SMARTS) is 1. The van der Waals surface area contributed by atoms with Crippen LogP contribution in [0.3, 0.4) is 0 Å². The van der Waals surface area contributed by atoms with Crippen LogP contribution < -0.4 is 9.62 Å². The molecule has 1 aliphatic heterocycles. The van der Waals surface area contributed by atoms with Crippen molar-refractivity contribution >= 4 is 27.4 Å². The van der Waals surface area contributed by atoms with Crippen LogP contribution in [-0.2, 0) is 10.0 Å². The molecule has 0 radical (unpaired) electrons. The van der Waals surface area contributed by atoms with Crippen LogP contribution in [0.25, 0.3) is 0 Å². The number of anilines is 2. The maximum Gasteiger partial charge on any atom is 0.335 e. The summed E-state index contributed by atoms with van der Waals surface area (Å²) in [7, 11) is -3.90. The van der Waals surface area contributed by atoms with E-state index < -0.39 is 16.0 Å². The number of carboxylic acids is 1. The second-order valence-corrected chi connectivity index (χ2v) is 8.11. The summed E-state index contributed by atoms with van der Waals surface area (Å²) < 4.78 is 28.5. The number of sulfonamides is 1. The lowest BCUT2D eigenvalue weighted by molar-refractivity contribution is 0.0696. The summed E-state index contributed by atoms with van der Waals surface area (Å²) in [5.41, 5.74) is 1.80. The smallest absolute Gasteiger partial charge is 0.335 e. The van der Waals surface area contributed by atoms with Gasteiger partial charge in [0.1, 0.15) is 0 Å². The number of benzene rings is 2. The van der Waals surface area contributed by atoms with Gasteiger partial charge in [-0.25, -0.2) is 13.2 Å².